The van der Waals surface area contributed by atoms with E-state index in [2.05, 4.69) is 41.3 Å². The van der Waals surface area contributed by atoms with Crippen LogP contribution in [-0.2, 0) is 27.4 Å². The van der Waals surface area contributed by atoms with Gasteiger partial charge in [0.15, 0.2) is 0 Å². The van der Waals surface area contributed by atoms with E-state index in [1.807, 2.05) is 109 Å². The summed E-state index contributed by atoms with van der Waals surface area (Å²) in [6, 6.07) is 52.7. The largest absolute Gasteiger partial charge is 0.509 e. The monoisotopic (exact) mass is 1040 g/mol. The smallest absolute Gasteiger partial charge is 0.135 e. The molecule has 0 atom stereocenters. The van der Waals surface area contributed by atoms with Gasteiger partial charge in [-0.05, 0) is 88.4 Å². The number of rotatable bonds is 3. The van der Waals surface area contributed by atoms with Gasteiger partial charge in [0.05, 0.1) is 5.48 Å². The van der Waals surface area contributed by atoms with E-state index in [-0.39, 0.29) is 78.0 Å². The van der Waals surface area contributed by atoms with Gasteiger partial charge in [-0.2, -0.15) is 12.1 Å². The zero-order valence-corrected chi connectivity index (χ0v) is 37.9. The van der Waals surface area contributed by atoms with Crippen molar-refractivity contribution in [3.05, 3.63) is 212 Å². The SMILES string of the molecule is [2H]c1c([2H])c([2H])c2c(c1[2H])c1ccc3[c-]c1n2-c1cc(C([2H])([2H])C(C)C)c(cn1)-c1cccc(c1)Oc1ccc(cc1)-c1cccc(-c2ccccc2)c1N1[CH-]N(c2[c-]c(c(C([2H])([2H])[2H])cc2)O3)c2ccccc21.[Pt]. The first-order chi connectivity index (χ1) is 35.6. The fourth-order valence-corrected chi connectivity index (χ4v) is 8.87. The molecule has 324 valence electrons. The Morgan fingerprint density at radius 1 is 0.682 bits per heavy atom. The minimum Gasteiger partial charge on any atom is -0.509 e. The average molecular weight is 1040 g/mol. The Morgan fingerprint density at radius 2 is 1.42 bits per heavy atom. The van der Waals surface area contributed by atoms with Crippen LogP contribution in [0.2, 0.25) is 0 Å². The van der Waals surface area contributed by atoms with Crippen molar-refractivity contribution in [1.82, 2.24) is 9.55 Å². The molecule has 0 saturated carbocycles. The topological polar surface area (TPSA) is 42.8 Å². The van der Waals surface area contributed by atoms with E-state index in [1.165, 1.54) is 6.07 Å². The quantitative estimate of drug-likeness (QED) is 0.165. The summed E-state index contributed by atoms with van der Waals surface area (Å²) in [6.45, 7) is 2.91. The Balaban J connectivity index is 0.00000602. The predicted molar refractivity (Wildman–Crippen MR) is 264 cm³/mol. The minimum absolute atomic E-state index is 0. The first-order valence-electron chi connectivity index (χ1n) is 25.9. The zero-order valence-electron chi connectivity index (χ0n) is 44.6. The van der Waals surface area contributed by atoms with E-state index in [0.717, 1.165) is 39.3 Å². The second-order valence-corrected chi connectivity index (χ2v) is 16.3. The van der Waals surface area contributed by atoms with Crippen LogP contribution < -0.4 is 19.3 Å². The Hall–Kier alpha value is -7.40. The Kier molecular flexibility index (Phi) is 8.25. The average Bonchev–Trinajstić information content (AvgIpc) is 3.99. The van der Waals surface area contributed by atoms with E-state index in [1.54, 1.807) is 48.9 Å². The molecule has 0 spiro atoms. The number of fused-ring (bicyclic) bond motifs is 5. The number of pyridine rings is 1. The van der Waals surface area contributed by atoms with Gasteiger partial charge < -0.3 is 23.8 Å². The Labute approximate surface area is 412 Å². The molecule has 0 N–H and O–H groups in total. The number of benzene rings is 8. The number of para-hydroxylation sites is 4. The van der Waals surface area contributed by atoms with E-state index in [4.69, 9.17) is 22.7 Å². The van der Waals surface area contributed by atoms with Crippen molar-refractivity contribution < 1.29 is 42.9 Å². The summed E-state index contributed by atoms with van der Waals surface area (Å²) in [6.07, 6.45) is -0.366. The second-order valence-electron chi connectivity index (χ2n) is 16.3. The van der Waals surface area contributed by atoms with Crippen LogP contribution in [0.3, 0.4) is 0 Å². The van der Waals surface area contributed by atoms with Crippen LogP contribution in [-0.4, -0.2) is 9.55 Å². The van der Waals surface area contributed by atoms with Crippen molar-refractivity contribution in [3.63, 3.8) is 0 Å². The van der Waals surface area contributed by atoms with E-state index in [9.17, 15) is 4.11 Å². The third kappa shape index (κ3) is 7.23. The molecule has 0 aliphatic carbocycles. The van der Waals surface area contributed by atoms with Gasteiger partial charge in [0, 0.05) is 84.9 Å². The zero-order chi connectivity index (χ0) is 51.4. The summed E-state index contributed by atoms with van der Waals surface area (Å²) in [5, 5.41) is 0.585. The molecular formula is C59H43N4O2Pt-3. The fourth-order valence-electron chi connectivity index (χ4n) is 8.87. The Morgan fingerprint density at radius 3 is 2.23 bits per heavy atom. The molecule has 7 heteroatoms. The van der Waals surface area contributed by atoms with Gasteiger partial charge in [0.25, 0.3) is 0 Å². The van der Waals surface area contributed by atoms with Gasteiger partial charge >= 0.3 is 0 Å². The first-order valence-corrected chi connectivity index (χ1v) is 21.4. The van der Waals surface area contributed by atoms with Crippen molar-refractivity contribution in [3.8, 4) is 62.2 Å². The van der Waals surface area contributed by atoms with E-state index >= 15 is 0 Å². The molecule has 4 aliphatic heterocycles. The van der Waals surface area contributed by atoms with Gasteiger partial charge in [-0.15, -0.1) is 47.6 Å². The molecular weight excluding hydrogens is 992 g/mol. The maximum Gasteiger partial charge on any atom is 0.135 e. The number of hydrogen-bond acceptors (Lipinski definition) is 5. The molecule has 66 heavy (non-hydrogen) atoms. The molecule has 0 unspecified atom stereocenters. The number of aromatic nitrogens is 2. The van der Waals surface area contributed by atoms with Crippen molar-refractivity contribution in [2.75, 3.05) is 9.80 Å². The van der Waals surface area contributed by atoms with Crippen LogP contribution >= 0.6 is 0 Å². The number of nitrogens with zero attached hydrogens (tertiary/aromatic N) is 4. The summed E-state index contributed by atoms with van der Waals surface area (Å²) >= 11 is 0. The minimum atomic E-state index is -2.64. The summed E-state index contributed by atoms with van der Waals surface area (Å²) in [4.78, 5) is 9.00. The number of hydrogen-bond donors (Lipinski definition) is 0. The molecule has 2 aromatic heterocycles. The molecule has 0 fully saturated rings. The second kappa shape index (κ2) is 16.9. The van der Waals surface area contributed by atoms with Gasteiger partial charge in [0.1, 0.15) is 17.3 Å². The molecule has 0 amide bonds. The summed E-state index contributed by atoms with van der Waals surface area (Å²) < 4.78 is 95.4. The molecule has 8 aromatic carbocycles. The van der Waals surface area contributed by atoms with Crippen molar-refractivity contribution in [1.29, 1.82) is 0 Å². The molecule has 0 radical (unpaired) electrons. The first kappa shape index (κ1) is 32.3. The summed E-state index contributed by atoms with van der Waals surface area (Å²) in [7, 11) is 0. The van der Waals surface area contributed by atoms with Crippen LogP contribution in [0.4, 0.5) is 22.7 Å². The fraction of sp³-hybridized carbons (Fsp3) is 0.0847. The maximum absolute atomic E-state index is 9.53. The van der Waals surface area contributed by atoms with Gasteiger partial charge in [0.2, 0.25) is 0 Å². The molecule has 6 heterocycles. The number of aryl methyl sites for hydroxylation is 1. The van der Waals surface area contributed by atoms with Crippen molar-refractivity contribution >= 4 is 44.6 Å². The standard InChI is InChI=1S/C59H43N4O2.Pt/c1-38(2)31-43-33-58-60-36-52(43)42-15-11-16-46(32-42)64-45-27-24-41(25-28-45)49-19-12-18-48(40-13-5-4-6-14-40)59(49)62-37-61(54-21-9-10-22-55(54)62)44-26-23-39(3)57(34-44)65-47-29-30-51-50-17-7-8-20-53(50)63(58)56(51)35-47;/h4-30,32-33,36-38H,31H2,1-3H3;/q-3;/i3D3,7D,8D,17D,20D,31D2;. The van der Waals surface area contributed by atoms with Gasteiger partial charge in [-0.1, -0.05) is 129 Å². The third-order valence-electron chi connectivity index (χ3n) is 11.8. The Bertz CT molecular complexity index is 3900. The number of ether oxygens (including phenoxy) is 2. The third-order valence-corrected chi connectivity index (χ3v) is 11.8. The summed E-state index contributed by atoms with van der Waals surface area (Å²) in [5.74, 6) is 0.699. The molecule has 6 nitrogen and oxygen atoms in total. The normalized spacial score (nSPS) is 15.0. The molecule has 12 bridgehead atoms. The molecule has 10 aromatic rings. The van der Waals surface area contributed by atoms with Gasteiger partial charge in [-0.3, -0.25) is 0 Å². The van der Waals surface area contributed by atoms with Crippen molar-refractivity contribution in [2.45, 2.75) is 27.1 Å². The maximum atomic E-state index is 9.53. The van der Waals surface area contributed by atoms with Crippen LogP contribution in [0.1, 0.15) is 37.3 Å². The predicted octanol–water partition coefficient (Wildman–Crippen LogP) is 15.6. The van der Waals surface area contributed by atoms with Crippen LogP contribution in [0, 0.1) is 31.6 Å². The molecule has 14 rings (SSSR count). The van der Waals surface area contributed by atoms with Crippen LogP contribution in [0.5, 0.6) is 23.0 Å². The van der Waals surface area contributed by atoms with Crippen LogP contribution in [0.25, 0.3) is 61.0 Å². The molecule has 4 aliphatic rings. The number of anilines is 4. The van der Waals surface area contributed by atoms with E-state index < -0.39 is 31.2 Å². The van der Waals surface area contributed by atoms with Crippen molar-refractivity contribution in [2.24, 2.45) is 5.92 Å². The van der Waals surface area contributed by atoms with Gasteiger partial charge in [-0.25, -0.2) is 4.98 Å². The van der Waals surface area contributed by atoms with E-state index in [0.29, 0.717) is 33.7 Å². The summed E-state index contributed by atoms with van der Waals surface area (Å²) in [5.41, 5.74) is 8.50. The van der Waals surface area contributed by atoms with Crippen LogP contribution in [0.15, 0.2) is 182 Å². The molecule has 0 saturated heterocycles.